The highest BCUT2D eigenvalue weighted by molar-refractivity contribution is 6.57. The van der Waals surface area contributed by atoms with Crippen LogP contribution in [0.15, 0.2) is 0 Å². The SMILES string of the molecule is C.CC(C)[SiH](C)C. The monoisotopic (exact) mass is 118 g/mol. The van der Waals surface area contributed by atoms with Gasteiger partial charge < -0.3 is 0 Å². The minimum absolute atomic E-state index is 0. The molecule has 7 heavy (non-hydrogen) atoms. The fraction of sp³-hybridized carbons (Fsp3) is 1.00. The van der Waals surface area contributed by atoms with Gasteiger partial charge in [0.25, 0.3) is 0 Å². The lowest BCUT2D eigenvalue weighted by molar-refractivity contribution is 1.04. The summed E-state index contributed by atoms with van der Waals surface area (Å²) in [6.45, 7) is 9.36. The smallest absolute Gasteiger partial charge is 0.0331 e. The molecular formula is C6H18Si. The summed E-state index contributed by atoms with van der Waals surface area (Å²) in [5.41, 5.74) is 0.991. The zero-order valence-corrected chi connectivity index (χ0v) is 6.31. The van der Waals surface area contributed by atoms with Crippen molar-refractivity contribution in [2.24, 2.45) is 0 Å². The number of rotatable bonds is 1. The second-order valence-electron chi connectivity index (χ2n) is 2.49. The van der Waals surface area contributed by atoms with E-state index in [9.17, 15) is 0 Å². The molecule has 0 saturated heterocycles. The summed E-state index contributed by atoms with van der Waals surface area (Å²) in [7, 11) is -0.244. The molecule has 0 heterocycles. The fourth-order valence-electron chi connectivity index (χ4n) is 0. The molecule has 0 aromatic carbocycles. The largest absolute Gasteiger partial charge is 0.0776 e. The summed E-state index contributed by atoms with van der Waals surface area (Å²) in [5, 5.41) is 0. The van der Waals surface area contributed by atoms with Gasteiger partial charge in [-0.2, -0.15) is 0 Å². The van der Waals surface area contributed by atoms with Crippen molar-refractivity contribution in [1.29, 1.82) is 0 Å². The van der Waals surface area contributed by atoms with Gasteiger partial charge >= 0.3 is 0 Å². The summed E-state index contributed by atoms with van der Waals surface area (Å²) < 4.78 is 0. The van der Waals surface area contributed by atoms with E-state index in [1.54, 1.807) is 0 Å². The maximum absolute atomic E-state index is 2.38. The maximum atomic E-state index is 2.38. The normalized spacial score (nSPS) is 9.43. The third kappa shape index (κ3) is 6.22. The summed E-state index contributed by atoms with van der Waals surface area (Å²) in [6.07, 6.45) is 0. The topological polar surface area (TPSA) is 0 Å². The Labute approximate surface area is 49.5 Å². The fourth-order valence-corrected chi connectivity index (χ4v) is 0. The molecule has 0 aliphatic heterocycles. The molecule has 1 heteroatoms. The van der Waals surface area contributed by atoms with Crippen LogP contribution in [0.5, 0.6) is 0 Å². The average Bonchev–Trinajstić information content (AvgIpc) is 1.36. The van der Waals surface area contributed by atoms with Crippen LogP contribution in [0.1, 0.15) is 21.3 Å². The Bertz CT molecular complexity index is 25.2. The standard InChI is InChI=1S/C5H14Si.CH4/c1-5(2)6(3)4;/h5-6H,1-4H3;1H4. The Morgan fingerprint density at radius 1 is 1.14 bits per heavy atom. The molecule has 0 unspecified atom stereocenters. The first-order valence-corrected chi connectivity index (χ1v) is 5.62. The first kappa shape index (κ1) is 10.2. The van der Waals surface area contributed by atoms with Gasteiger partial charge in [0.05, 0.1) is 0 Å². The lowest BCUT2D eigenvalue weighted by Gasteiger charge is -2.03. The van der Waals surface area contributed by atoms with Crippen molar-refractivity contribution in [2.45, 2.75) is 39.9 Å². The molecule has 0 aliphatic rings. The van der Waals surface area contributed by atoms with Crippen LogP contribution in [0, 0.1) is 0 Å². The van der Waals surface area contributed by atoms with E-state index in [-0.39, 0.29) is 16.2 Å². The molecule has 0 saturated carbocycles. The molecular weight excluding hydrogens is 100 g/mol. The highest BCUT2D eigenvalue weighted by Gasteiger charge is 1.97. The molecule has 0 atom stereocenters. The molecule has 0 radical (unpaired) electrons. The predicted molar refractivity (Wildman–Crippen MR) is 40.7 cm³/mol. The molecule has 0 spiro atoms. The highest BCUT2D eigenvalue weighted by Crippen LogP contribution is 2.04. The van der Waals surface area contributed by atoms with Crippen LogP contribution in [0.3, 0.4) is 0 Å². The quantitative estimate of drug-likeness (QED) is 0.464. The predicted octanol–water partition coefficient (Wildman–Crippen LogP) is 2.52. The van der Waals surface area contributed by atoms with E-state index < -0.39 is 0 Å². The molecule has 46 valence electrons. The second kappa shape index (κ2) is 4.38. The van der Waals surface area contributed by atoms with Crippen LogP contribution in [-0.4, -0.2) is 8.80 Å². The van der Waals surface area contributed by atoms with Crippen molar-refractivity contribution in [2.75, 3.05) is 0 Å². The van der Waals surface area contributed by atoms with Gasteiger partial charge in [-0.25, -0.2) is 0 Å². The third-order valence-corrected chi connectivity index (χ3v) is 4.00. The van der Waals surface area contributed by atoms with Gasteiger partial charge in [0.2, 0.25) is 0 Å². The average molecular weight is 118 g/mol. The van der Waals surface area contributed by atoms with Crippen molar-refractivity contribution in [3.05, 3.63) is 0 Å². The second-order valence-corrected chi connectivity index (χ2v) is 6.31. The van der Waals surface area contributed by atoms with Gasteiger partial charge in [-0.15, -0.1) is 0 Å². The number of hydrogen-bond donors (Lipinski definition) is 0. The maximum Gasteiger partial charge on any atom is 0.0331 e. The van der Waals surface area contributed by atoms with Gasteiger partial charge in [-0.3, -0.25) is 0 Å². The minimum Gasteiger partial charge on any atom is -0.0776 e. The Balaban J connectivity index is 0. The lowest BCUT2D eigenvalue weighted by Crippen LogP contribution is -2.03. The van der Waals surface area contributed by atoms with E-state index in [0.29, 0.717) is 0 Å². The van der Waals surface area contributed by atoms with Crippen molar-refractivity contribution in [3.8, 4) is 0 Å². The molecule has 0 aromatic rings. The summed E-state index contributed by atoms with van der Waals surface area (Å²) in [4.78, 5) is 0. The Morgan fingerprint density at radius 3 is 1.29 bits per heavy atom. The molecule has 0 aliphatic carbocycles. The molecule has 0 bridgehead atoms. The van der Waals surface area contributed by atoms with E-state index in [2.05, 4.69) is 26.9 Å². The highest BCUT2D eigenvalue weighted by atomic mass is 28.3. The van der Waals surface area contributed by atoms with Gasteiger partial charge in [0, 0.05) is 8.80 Å². The van der Waals surface area contributed by atoms with E-state index >= 15 is 0 Å². The van der Waals surface area contributed by atoms with Crippen LogP contribution in [-0.2, 0) is 0 Å². The van der Waals surface area contributed by atoms with Crippen LogP contribution in [0.25, 0.3) is 0 Å². The molecule has 0 amide bonds. The van der Waals surface area contributed by atoms with Crippen LogP contribution in [0.2, 0.25) is 18.6 Å². The van der Waals surface area contributed by atoms with Crippen LogP contribution < -0.4 is 0 Å². The van der Waals surface area contributed by atoms with Crippen molar-refractivity contribution < 1.29 is 0 Å². The van der Waals surface area contributed by atoms with E-state index in [1.807, 2.05) is 0 Å². The minimum atomic E-state index is -0.244. The molecule has 0 rings (SSSR count). The summed E-state index contributed by atoms with van der Waals surface area (Å²) in [6, 6.07) is 0. The first-order chi connectivity index (χ1) is 2.64. The first-order valence-electron chi connectivity index (χ1n) is 2.64. The third-order valence-electron chi connectivity index (χ3n) is 1.33. The molecule has 0 nitrogen and oxygen atoms in total. The Morgan fingerprint density at radius 2 is 1.29 bits per heavy atom. The zero-order valence-electron chi connectivity index (χ0n) is 5.15. The van der Waals surface area contributed by atoms with Gasteiger partial charge in [-0.05, 0) is 0 Å². The van der Waals surface area contributed by atoms with Crippen LogP contribution >= 0.6 is 0 Å². The van der Waals surface area contributed by atoms with Crippen molar-refractivity contribution in [3.63, 3.8) is 0 Å². The number of hydrogen-bond acceptors (Lipinski definition) is 0. The summed E-state index contributed by atoms with van der Waals surface area (Å²) in [5.74, 6) is 0. The van der Waals surface area contributed by atoms with E-state index in [1.165, 1.54) is 0 Å². The van der Waals surface area contributed by atoms with E-state index in [0.717, 1.165) is 5.54 Å². The summed E-state index contributed by atoms with van der Waals surface area (Å²) >= 11 is 0. The van der Waals surface area contributed by atoms with E-state index in [4.69, 9.17) is 0 Å². The molecule has 0 fully saturated rings. The van der Waals surface area contributed by atoms with Crippen molar-refractivity contribution >= 4 is 8.80 Å². The molecule has 0 aromatic heterocycles. The van der Waals surface area contributed by atoms with Gasteiger partial charge in [0.1, 0.15) is 0 Å². The Hall–Kier alpha value is 0.217. The van der Waals surface area contributed by atoms with Crippen molar-refractivity contribution in [1.82, 2.24) is 0 Å². The van der Waals surface area contributed by atoms with Crippen LogP contribution in [0.4, 0.5) is 0 Å². The van der Waals surface area contributed by atoms with Gasteiger partial charge in [0.15, 0.2) is 0 Å². The molecule has 0 N–H and O–H groups in total. The van der Waals surface area contributed by atoms with Gasteiger partial charge in [-0.1, -0.05) is 39.9 Å². The Kier molecular flexibility index (Phi) is 6.41. The lowest BCUT2D eigenvalue weighted by atomic mass is 10.6. The zero-order chi connectivity index (χ0) is 5.15.